The fourth-order valence-corrected chi connectivity index (χ4v) is 4.27. The lowest BCUT2D eigenvalue weighted by molar-refractivity contribution is -0.139. The molecule has 2 aromatic rings. The van der Waals surface area contributed by atoms with Gasteiger partial charge in [0.05, 0.1) is 29.5 Å². The molecule has 4 rings (SSSR count). The van der Waals surface area contributed by atoms with Gasteiger partial charge in [-0.05, 0) is 56.0 Å². The van der Waals surface area contributed by atoms with E-state index in [1.807, 2.05) is 53.1 Å². The summed E-state index contributed by atoms with van der Waals surface area (Å²) in [7, 11) is 0. The van der Waals surface area contributed by atoms with Gasteiger partial charge in [0, 0.05) is 13.1 Å². The molecule has 0 bridgehead atoms. The number of halogens is 1. The minimum atomic E-state index is -0.617. The number of rotatable bonds is 4. The number of piperidine rings is 1. The van der Waals surface area contributed by atoms with Crippen molar-refractivity contribution in [2.45, 2.75) is 32.3 Å². The highest BCUT2D eigenvalue weighted by molar-refractivity contribution is 6.33. The first-order chi connectivity index (χ1) is 14.5. The maximum Gasteiger partial charge on any atom is 0.265 e. The summed E-state index contributed by atoms with van der Waals surface area (Å²) in [5.74, 6) is 0.429. The second kappa shape index (κ2) is 8.96. The largest absolute Gasteiger partial charge is 0.477 e. The molecule has 158 valence electrons. The number of amides is 2. The van der Waals surface area contributed by atoms with Gasteiger partial charge in [-0.1, -0.05) is 29.8 Å². The number of hydrogen-bond acceptors (Lipinski definition) is 4. The van der Waals surface area contributed by atoms with Gasteiger partial charge in [0.2, 0.25) is 5.91 Å². The zero-order valence-electron chi connectivity index (χ0n) is 17.1. The van der Waals surface area contributed by atoms with Crippen LogP contribution in [0.3, 0.4) is 0 Å². The lowest BCUT2D eigenvalue weighted by atomic mass is 10.1. The molecule has 2 heterocycles. The maximum absolute atomic E-state index is 13.0. The van der Waals surface area contributed by atoms with Crippen molar-refractivity contribution in [2.75, 3.05) is 36.4 Å². The lowest BCUT2D eigenvalue weighted by Crippen LogP contribution is -2.52. The fraction of sp³-hybridized carbons (Fsp3) is 0.391. The number of carbonyl (C=O) groups is 2. The third kappa shape index (κ3) is 4.54. The smallest absolute Gasteiger partial charge is 0.265 e. The molecule has 0 spiro atoms. The number of hydrogen-bond donors (Lipinski definition) is 1. The minimum absolute atomic E-state index is 0.00353. The first kappa shape index (κ1) is 20.5. The highest BCUT2D eigenvalue weighted by atomic mass is 35.5. The van der Waals surface area contributed by atoms with Crippen molar-refractivity contribution >= 4 is 34.8 Å². The minimum Gasteiger partial charge on any atom is -0.477 e. The number of nitrogens with zero attached hydrogens (tertiary/aromatic N) is 2. The van der Waals surface area contributed by atoms with Crippen LogP contribution in [0.2, 0.25) is 5.02 Å². The Balaban J connectivity index is 1.49. The summed E-state index contributed by atoms with van der Waals surface area (Å²) >= 11 is 6.25. The zero-order chi connectivity index (χ0) is 21.1. The molecule has 0 aromatic heterocycles. The topological polar surface area (TPSA) is 61.9 Å². The molecule has 1 N–H and O–H groups in total. The van der Waals surface area contributed by atoms with Gasteiger partial charge in [0.15, 0.2) is 6.10 Å². The van der Waals surface area contributed by atoms with Crippen molar-refractivity contribution in [1.82, 2.24) is 4.90 Å². The Kier molecular flexibility index (Phi) is 6.13. The number of nitrogens with one attached hydrogen (secondary N) is 1. The van der Waals surface area contributed by atoms with Crippen LogP contribution >= 0.6 is 11.6 Å². The number of anilines is 2. The molecule has 2 aromatic carbocycles. The molecule has 0 saturated carbocycles. The molecular formula is C23H26ClN3O3. The van der Waals surface area contributed by atoms with Gasteiger partial charge in [-0.25, -0.2) is 0 Å². The summed E-state index contributed by atoms with van der Waals surface area (Å²) in [6.45, 7) is 3.93. The zero-order valence-corrected chi connectivity index (χ0v) is 17.8. The van der Waals surface area contributed by atoms with E-state index in [0.717, 1.165) is 43.6 Å². The molecule has 1 fully saturated rings. The van der Waals surface area contributed by atoms with Crippen LogP contribution in [-0.2, 0) is 9.59 Å². The molecule has 2 aliphatic heterocycles. The van der Waals surface area contributed by atoms with Crippen LogP contribution in [0.5, 0.6) is 5.75 Å². The number of benzene rings is 2. The molecule has 1 unspecified atom stereocenters. The molecule has 2 amide bonds. The van der Waals surface area contributed by atoms with E-state index in [-0.39, 0.29) is 18.4 Å². The molecule has 30 heavy (non-hydrogen) atoms. The normalized spacial score (nSPS) is 18.4. The summed E-state index contributed by atoms with van der Waals surface area (Å²) in [4.78, 5) is 29.6. The Morgan fingerprint density at radius 2 is 1.90 bits per heavy atom. The van der Waals surface area contributed by atoms with Crippen molar-refractivity contribution in [2.24, 2.45) is 0 Å². The monoisotopic (exact) mass is 427 g/mol. The number of likely N-dealkylation sites (tertiary alicyclic amines) is 1. The van der Waals surface area contributed by atoms with Gasteiger partial charge in [0.1, 0.15) is 5.75 Å². The number of ether oxygens (including phenoxy) is 1. The summed E-state index contributed by atoms with van der Waals surface area (Å²) < 4.78 is 6.02. The third-order valence-electron chi connectivity index (χ3n) is 5.54. The Morgan fingerprint density at radius 3 is 2.67 bits per heavy atom. The maximum atomic E-state index is 13.0. The van der Waals surface area contributed by atoms with E-state index in [4.69, 9.17) is 16.3 Å². The Morgan fingerprint density at radius 1 is 1.13 bits per heavy atom. The first-order valence-corrected chi connectivity index (χ1v) is 10.7. The SMILES string of the molecule is Cc1ccc(NC(=O)CN2CC(C(=O)N3CCCCC3)Oc3ccccc32)c(Cl)c1. The van der Waals surface area contributed by atoms with Crippen molar-refractivity contribution in [1.29, 1.82) is 0 Å². The van der Waals surface area contributed by atoms with Gasteiger partial charge in [-0.3, -0.25) is 9.59 Å². The number of para-hydroxylation sites is 2. The van der Waals surface area contributed by atoms with E-state index in [1.54, 1.807) is 6.07 Å². The van der Waals surface area contributed by atoms with E-state index < -0.39 is 6.10 Å². The van der Waals surface area contributed by atoms with Crippen molar-refractivity contribution in [3.8, 4) is 5.75 Å². The quantitative estimate of drug-likeness (QED) is 0.804. The predicted molar refractivity (Wildman–Crippen MR) is 118 cm³/mol. The Labute approximate surface area is 181 Å². The molecule has 6 nitrogen and oxygen atoms in total. The summed E-state index contributed by atoms with van der Waals surface area (Å²) in [6.07, 6.45) is 2.59. The highest BCUT2D eigenvalue weighted by Crippen LogP contribution is 2.33. The third-order valence-corrected chi connectivity index (χ3v) is 5.85. The Hall–Kier alpha value is -2.73. The van der Waals surface area contributed by atoms with Gasteiger partial charge in [-0.15, -0.1) is 0 Å². The van der Waals surface area contributed by atoms with Crippen molar-refractivity contribution in [3.63, 3.8) is 0 Å². The molecule has 2 aliphatic rings. The van der Waals surface area contributed by atoms with Crippen LogP contribution < -0.4 is 15.0 Å². The lowest BCUT2D eigenvalue weighted by Gasteiger charge is -2.38. The van der Waals surface area contributed by atoms with Gasteiger partial charge in [-0.2, -0.15) is 0 Å². The predicted octanol–water partition coefficient (Wildman–Crippen LogP) is 3.87. The number of aryl methyl sites for hydroxylation is 1. The molecule has 7 heteroatoms. The van der Waals surface area contributed by atoms with Crippen molar-refractivity contribution in [3.05, 3.63) is 53.1 Å². The standard InChI is InChI=1S/C23H26ClN3O3/c1-16-9-10-18(17(24)13-16)25-22(28)15-27-14-21(23(29)26-11-5-2-6-12-26)30-20-8-4-3-7-19(20)27/h3-4,7-10,13,21H,2,5-6,11-12,14-15H2,1H3,(H,25,28). The Bertz CT molecular complexity index is 943. The average molecular weight is 428 g/mol. The van der Waals surface area contributed by atoms with Crippen molar-refractivity contribution < 1.29 is 14.3 Å². The van der Waals surface area contributed by atoms with Gasteiger partial charge < -0.3 is 19.9 Å². The molecule has 0 radical (unpaired) electrons. The van der Waals surface area contributed by atoms with Crippen LogP contribution in [0.1, 0.15) is 24.8 Å². The first-order valence-electron chi connectivity index (χ1n) is 10.4. The van der Waals surface area contributed by atoms with E-state index in [9.17, 15) is 9.59 Å². The number of carbonyl (C=O) groups excluding carboxylic acids is 2. The number of fused-ring (bicyclic) bond motifs is 1. The van der Waals surface area contributed by atoms with Crippen LogP contribution in [0.15, 0.2) is 42.5 Å². The van der Waals surface area contributed by atoms with Crippen LogP contribution in [0.4, 0.5) is 11.4 Å². The second-order valence-corrected chi connectivity index (χ2v) is 8.28. The second-order valence-electron chi connectivity index (χ2n) is 7.87. The van der Waals surface area contributed by atoms with E-state index in [0.29, 0.717) is 23.0 Å². The van der Waals surface area contributed by atoms with Gasteiger partial charge in [0.25, 0.3) is 5.91 Å². The van der Waals surface area contributed by atoms with Gasteiger partial charge >= 0.3 is 0 Å². The molecule has 0 aliphatic carbocycles. The fourth-order valence-electron chi connectivity index (χ4n) is 3.99. The van der Waals surface area contributed by atoms with E-state index in [2.05, 4.69) is 5.32 Å². The van der Waals surface area contributed by atoms with E-state index in [1.165, 1.54) is 0 Å². The summed E-state index contributed by atoms with van der Waals surface area (Å²) in [5.41, 5.74) is 2.42. The summed E-state index contributed by atoms with van der Waals surface area (Å²) in [5, 5.41) is 3.38. The van der Waals surface area contributed by atoms with E-state index >= 15 is 0 Å². The highest BCUT2D eigenvalue weighted by Gasteiger charge is 2.34. The van der Waals surface area contributed by atoms with Crippen LogP contribution in [0.25, 0.3) is 0 Å². The average Bonchev–Trinajstić information content (AvgIpc) is 2.75. The van der Waals surface area contributed by atoms with Crippen LogP contribution in [-0.4, -0.2) is 49.0 Å². The van der Waals surface area contributed by atoms with Crippen LogP contribution in [0, 0.1) is 6.92 Å². The summed E-state index contributed by atoms with van der Waals surface area (Å²) in [6, 6.07) is 13.0. The molecular weight excluding hydrogens is 402 g/mol. The molecule has 1 atom stereocenters. The molecule has 1 saturated heterocycles.